The summed E-state index contributed by atoms with van der Waals surface area (Å²) in [6.45, 7) is 0. The maximum absolute atomic E-state index is 8.67. The van der Waals surface area contributed by atoms with E-state index in [2.05, 4.69) is 48.5 Å². The zero-order valence-corrected chi connectivity index (χ0v) is 9.30. The van der Waals surface area contributed by atoms with Crippen LogP contribution >= 0.6 is 0 Å². The summed E-state index contributed by atoms with van der Waals surface area (Å²) in [5.41, 5.74) is 2.55. The van der Waals surface area contributed by atoms with E-state index in [9.17, 15) is 0 Å². The normalized spacial score (nSPS) is 9.44. The number of benzene rings is 2. The maximum atomic E-state index is 8.67. The van der Waals surface area contributed by atoms with Gasteiger partial charge in [0.2, 0.25) is 0 Å². The molecule has 4 heteroatoms. The highest BCUT2D eigenvalue weighted by Crippen LogP contribution is 2.17. The second kappa shape index (κ2) is 6.90. The first-order chi connectivity index (χ1) is 7.70. The van der Waals surface area contributed by atoms with Crippen molar-refractivity contribution in [2.24, 2.45) is 0 Å². The van der Waals surface area contributed by atoms with Gasteiger partial charge in [-0.05, 0) is 11.1 Å². The molecule has 0 heterocycles. The van der Waals surface area contributed by atoms with Gasteiger partial charge in [-0.25, -0.2) is 0 Å². The first kappa shape index (κ1) is 12.6. The van der Waals surface area contributed by atoms with E-state index in [1.807, 2.05) is 12.1 Å². The van der Waals surface area contributed by atoms with Crippen molar-refractivity contribution < 1.29 is 13.3 Å². The summed E-state index contributed by atoms with van der Waals surface area (Å²) in [4.78, 5) is 0. The van der Waals surface area contributed by atoms with Crippen LogP contribution in [0.4, 0.5) is 0 Å². The van der Waals surface area contributed by atoms with E-state index in [0.717, 1.165) is 0 Å². The minimum absolute atomic E-state index is 1.28. The van der Waals surface area contributed by atoms with Crippen molar-refractivity contribution in [2.45, 2.75) is 0 Å². The predicted molar refractivity (Wildman–Crippen MR) is 65.3 cm³/mol. The summed E-state index contributed by atoms with van der Waals surface area (Å²) in [6.07, 6.45) is 0. The monoisotopic (exact) mass is 236 g/mol. The Morgan fingerprint density at radius 3 is 1.19 bits per heavy atom. The van der Waals surface area contributed by atoms with Crippen molar-refractivity contribution in [3.8, 4) is 11.1 Å². The van der Waals surface area contributed by atoms with Gasteiger partial charge in [-0.15, -0.1) is 0 Å². The summed E-state index contributed by atoms with van der Waals surface area (Å²) in [5, 5.41) is 0. The minimum Gasteiger partial charge on any atom is -0.284 e. The molecule has 0 aromatic heterocycles. The predicted octanol–water partition coefficient (Wildman–Crippen LogP) is 3.03. The SMILES string of the molecule is O=S(O)O.c1ccc(-c2ccccc2)cc1. The molecule has 0 spiro atoms. The van der Waals surface area contributed by atoms with Gasteiger partial charge in [-0.3, -0.25) is 9.11 Å². The van der Waals surface area contributed by atoms with Crippen LogP contribution in [-0.2, 0) is 11.4 Å². The molecule has 2 N–H and O–H groups in total. The van der Waals surface area contributed by atoms with Gasteiger partial charge in [0.25, 0.3) is 11.4 Å². The van der Waals surface area contributed by atoms with Crippen LogP contribution in [0, 0.1) is 0 Å². The Hall–Kier alpha value is -1.49. The fourth-order valence-corrected chi connectivity index (χ4v) is 1.26. The van der Waals surface area contributed by atoms with Crippen LogP contribution in [-0.4, -0.2) is 13.3 Å². The van der Waals surface area contributed by atoms with E-state index in [4.69, 9.17) is 13.3 Å². The van der Waals surface area contributed by atoms with Crippen LogP contribution in [0.2, 0.25) is 0 Å². The highest BCUT2D eigenvalue weighted by atomic mass is 32.2. The highest BCUT2D eigenvalue weighted by molar-refractivity contribution is 7.73. The van der Waals surface area contributed by atoms with E-state index >= 15 is 0 Å². The second-order valence-corrected chi connectivity index (χ2v) is 3.42. The Morgan fingerprint density at radius 2 is 0.938 bits per heavy atom. The molecule has 0 aliphatic heterocycles. The quantitative estimate of drug-likeness (QED) is 0.748. The van der Waals surface area contributed by atoms with E-state index < -0.39 is 11.4 Å². The first-order valence-electron chi connectivity index (χ1n) is 4.60. The Kier molecular flexibility index (Phi) is 5.42. The number of hydrogen-bond donors (Lipinski definition) is 2. The molecule has 0 radical (unpaired) electrons. The maximum Gasteiger partial charge on any atom is 0.299 e. The van der Waals surface area contributed by atoms with Gasteiger partial charge in [0.05, 0.1) is 0 Å². The molecule has 2 aromatic carbocycles. The number of hydrogen-bond acceptors (Lipinski definition) is 1. The Balaban J connectivity index is 0.000000280. The van der Waals surface area contributed by atoms with Crippen LogP contribution in [0.3, 0.4) is 0 Å². The lowest BCUT2D eigenvalue weighted by atomic mass is 10.1. The van der Waals surface area contributed by atoms with Crippen molar-refractivity contribution >= 4 is 11.4 Å². The second-order valence-electron chi connectivity index (χ2n) is 2.96. The molecule has 2 rings (SSSR count). The molecule has 16 heavy (non-hydrogen) atoms. The summed E-state index contributed by atoms with van der Waals surface area (Å²) >= 11 is -2.61. The zero-order valence-electron chi connectivity index (χ0n) is 8.48. The molecule has 0 saturated heterocycles. The van der Waals surface area contributed by atoms with Crippen LogP contribution in [0.25, 0.3) is 11.1 Å². The molecule has 0 unspecified atom stereocenters. The molecule has 2 aromatic rings. The molecular formula is C12H12O3S. The average Bonchev–Trinajstić information content (AvgIpc) is 2.31. The number of rotatable bonds is 1. The lowest BCUT2D eigenvalue weighted by Gasteiger charge is -1.98. The smallest absolute Gasteiger partial charge is 0.284 e. The minimum atomic E-state index is -2.61. The Bertz CT molecular complexity index is 387. The fourth-order valence-electron chi connectivity index (χ4n) is 1.26. The van der Waals surface area contributed by atoms with Crippen LogP contribution < -0.4 is 0 Å². The van der Waals surface area contributed by atoms with Gasteiger partial charge in [0.15, 0.2) is 0 Å². The van der Waals surface area contributed by atoms with Gasteiger partial charge >= 0.3 is 0 Å². The molecule has 0 atom stereocenters. The third-order valence-electron chi connectivity index (χ3n) is 1.88. The third-order valence-corrected chi connectivity index (χ3v) is 1.88. The van der Waals surface area contributed by atoms with E-state index in [0.29, 0.717) is 0 Å². The lowest BCUT2D eigenvalue weighted by molar-refractivity contribution is 0.454. The zero-order chi connectivity index (χ0) is 11.8. The van der Waals surface area contributed by atoms with Crippen molar-refractivity contribution in [3.63, 3.8) is 0 Å². The standard InChI is InChI=1S/C12H10.H2O3S/c1-3-7-11(8-4-1)12-9-5-2-6-10-12;1-4(2)3/h1-10H;(H2,1,2,3). The summed E-state index contributed by atoms with van der Waals surface area (Å²) < 4.78 is 22.8. The summed E-state index contributed by atoms with van der Waals surface area (Å²) in [6, 6.07) is 20.8. The van der Waals surface area contributed by atoms with Crippen molar-refractivity contribution in [1.82, 2.24) is 0 Å². The van der Waals surface area contributed by atoms with Crippen molar-refractivity contribution in [3.05, 3.63) is 60.7 Å². The van der Waals surface area contributed by atoms with E-state index in [1.54, 1.807) is 0 Å². The topological polar surface area (TPSA) is 57.5 Å². The third kappa shape index (κ3) is 4.84. The molecule has 84 valence electrons. The Morgan fingerprint density at radius 1 is 0.688 bits per heavy atom. The largest absolute Gasteiger partial charge is 0.299 e. The molecule has 0 aliphatic carbocycles. The highest BCUT2D eigenvalue weighted by Gasteiger charge is 1.91. The van der Waals surface area contributed by atoms with Crippen molar-refractivity contribution in [2.75, 3.05) is 0 Å². The van der Waals surface area contributed by atoms with Gasteiger partial charge in [-0.2, -0.15) is 4.21 Å². The van der Waals surface area contributed by atoms with Crippen LogP contribution in [0.5, 0.6) is 0 Å². The Labute approximate surface area is 96.9 Å². The van der Waals surface area contributed by atoms with E-state index in [-0.39, 0.29) is 0 Å². The molecule has 0 amide bonds. The van der Waals surface area contributed by atoms with E-state index in [1.165, 1.54) is 11.1 Å². The van der Waals surface area contributed by atoms with Gasteiger partial charge in [0.1, 0.15) is 0 Å². The molecule has 0 saturated carbocycles. The summed E-state index contributed by atoms with van der Waals surface area (Å²) in [5.74, 6) is 0. The lowest BCUT2D eigenvalue weighted by Crippen LogP contribution is -1.74. The van der Waals surface area contributed by atoms with Gasteiger partial charge < -0.3 is 0 Å². The average molecular weight is 236 g/mol. The van der Waals surface area contributed by atoms with Crippen LogP contribution in [0.1, 0.15) is 0 Å². The molecule has 0 bridgehead atoms. The molecule has 3 nitrogen and oxygen atoms in total. The van der Waals surface area contributed by atoms with Crippen molar-refractivity contribution in [1.29, 1.82) is 0 Å². The van der Waals surface area contributed by atoms with Gasteiger partial charge in [-0.1, -0.05) is 60.7 Å². The first-order valence-corrected chi connectivity index (χ1v) is 5.67. The molecule has 0 aliphatic rings. The molecular weight excluding hydrogens is 224 g/mol. The van der Waals surface area contributed by atoms with Gasteiger partial charge in [0, 0.05) is 0 Å². The fraction of sp³-hybridized carbons (Fsp3) is 0. The van der Waals surface area contributed by atoms with Crippen LogP contribution in [0.15, 0.2) is 60.7 Å². The summed E-state index contributed by atoms with van der Waals surface area (Å²) in [7, 11) is 0. The molecule has 0 fully saturated rings.